The molecule has 12 heavy (non-hydrogen) atoms. The molecule has 0 aliphatic carbocycles. The van der Waals surface area contributed by atoms with Gasteiger partial charge in [0.25, 0.3) is 0 Å². The van der Waals surface area contributed by atoms with Gasteiger partial charge in [0, 0.05) is 0 Å². The molecule has 1 radical (unpaired) electrons. The van der Waals surface area contributed by atoms with Gasteiger partial charge in [-0.05, 0) is 12.0 Å². The topological polar surface area (TPSA) is 34.1 Å². The van der Waals surface area contributed by atoms with Gasteiger partial charge in [0.15, 0.2) is 9.84 Å². The highest BCUT2D eigenvalue weighted by Crippen LogP contribution is 2.01. The van der Waals surface area contributed by atoms with Crippen LogP contribution in [0.3, 0.4) is 0 Å². The second kappa shape index (κ2) is 3.72. The first-order valence-corrected chi connectivity index (χ1v) is 5.50. The largest absolute Gasteiger partial charge is 0.229 e. The maximum Gasteiger partial charge on any atom is 0.151 e. The third kappa shape index (κ3) is 3.53. The predicted molar refractivity (Wildman–Crippen MR) is 49.3 cm³/mol. The lowest BCUT2D eigenvalue weighted by atomic mass is 10.2. The highest BCUT2D eigenvalue weighted by molar-refractivity contribution is 7.92. The molecule has 0 spiro atoms. The molecule has 0 bridgehead atoms. The van der Waals surface area contributed by atoms with Crippen LogP contribution in [0.15, 0.2) is 30.3 Å². The van der Waals surface area contributed by atoms with Gasteiger partial charge in [0.1, 0.15) is 0 Å². The van der Waals surface area contributed by atoms with Gasteiger partial charge >= 0.3 is 0 Å². The SMILES string of the molecule is [CH2]S(=O)(=O)CCc1ccccc1. The Morgan fingerprint density at radius 2 is 1.75 bits per heavy atom. The zero-order valence-corrected chi connectivity index (χ0v) is 7.55. The van der Waals surface area contributed by atoms with Crippen LogP contribution in [-0.2, 0) is 16.3 Å². The van der Waals surface area contributed by atoms with E-state index < -0.39 is 9.84 Å². The van der Waals surface area contributed by atoms with Crippen LogP contribution in [0.25, 0.3) is 0 Å². The van der Waals surface area contributed by atoms with Gasteiger partial charge in [-0.3, -0.25) is 0 Å². The fourth-order valence-corrected chi connectivity index (χ4v) is 1.46. The molecule has 65 valence electrons. The fraction of sp³-hybridized carbons (Fsp3) is 0.222. The van der Waals surface area contributed by atoms with Crippen LogP contribution in [0.4, 0.5) is 0 Å². The molecule has 1 aromatic carbocycles. The van der Waals surface area contributed by atoms with Crippen molar-refractivity contribution in [2.24, 2.45) is 0 Å². The van der Waals surface area contributed by atoms with E-state index in [1.54, 1.807) is 0 Å². The molecule has 0 heterocycles. The molecule has 0 aromatic heterocycles. The summed E-state index contributed by atoms with van der Waals surface area (Å²) in [5.41, 5.74) is 1.03. The van der Waals surface area contributed by atoms with Crippen LogP contribution in [0.2, 0.25) is 0 Å². The van der Waals surface area contributed by atoms with E-state index in [2.05, 4.69) is 6.26 Å². The molecule has 0 unspecified atom stereocenters. The zero-order chi connectivity index (χ0) is 9.03. The van der Waals surface area contributed by atoms with Crippen molar-refractivity contribution in [2.75, 3.05) is 5.75 Å². The van der Waals surface area contributed by atoms with Crippen molar-refractivity contribution in [3.05, 3.63) is 42.2 Å². The molecule has 0 aliphatic heterocycles. The highest BCUT2D eigenvalue weighted by Gasteiger charge is 2.01. The predicted octanol–water partition coefficient (Wildman–Crippen LogP) is 1.44. The molecular weight excluding hydrogens is 172 g/mol. The molecule has 0 saturated carbocycles. The van der Waals surface area contributed by atoms with Crippen molar-refractivity contribution in [1.29, 1.82) is 0 Å². The maximum absolute atomic E-state index is 10.7. The standard InChI is InChI=1S/C9H11O2S/c1-12(10,11)8-7-9-5-3-2-4-6-9/h2-6H,1,7-8H2. The average Bonchev–Trinajstić information content (AvgIpc) is 2.02. The van der Waals surface area contributed by atoms with Crippen molar-refractivity contribution in [2.45, 2.75) is 6.42 Å². The first-order chi connectivity index (χ1) is 5.58. The Balaban J connectivity index is 2.56. The van der Waals surface area contributed by atoms with Gasteiger partial charge in [-0.15, -0.1) is 0 Å². The number of aryl methyl sites for hydroxylation is 1. The van der Waals surface area contributed by atoms with Crippen LogP contribution in [0, 0.1) is 6.26 Å². The van der Waals surface area contributed by atoms with Crippen LogP contribution in [0.5, 0.6) is 0 Å². The molecule has 0 aliphatic rings. The summed E-state index contributed by atoms with van der Waals surface area (Å²) in [5.74, 6) is 0.122. The first kappa shape index (κ1) is 9.26. The fourth-order valence-electron chi connectivity index (χ4n) is 0.918. The Morgan fingerprint density at radius 1 is 1.17 bits per heavy atom. The number of benzene rings is 1. The van der Waals surface area contributed by atoms with Crippen LogP contribution in [0.1, 0.15) is 5.56 Å². The summed E-state index contributed by atoms with van der Waals surface area (Å²) in [4.78, 5) is 0. The van der Waals surface area contributed by atoms with E-state index in [9.17, 15) is 8.42 Å². The molecule has 0 fully saturated rings. The van der Waals surface area contributed by atoms with E-state index in [-0.39, 0.29) is 5.75 Å². The maximum atomic E-state index is 10.7. The quantitative estimate of drug-likeness (QED) is 0.710. The Bertz CT molecular complexity index is 327. The van der Waals surface area contributed by atoms with Gasteiger partial charge in [0.05, 0.1) is 12.0 Å². The summed E-state index contributed by atoms with van der Waals surface area (Å²) in [6, 6.07) is 9.51. The minimum absolute atomic E-state index is 0.122. The molecule has 1 rings (SSSR count). The first-order valence-electron chi connectivity index (χ1n) is 3.67. The summed E-state index contributed by atoms with van der Waals surface area (Å²) in [6.45, 7) is 0. The molecular formula is C9H11O2S. The minimum atomic E-state index is -3.07. The van der Waals surface area contributed by atoms with E-state index in [1.807, 2.05) is 30.3 Å². The summed E-state index contributed by atoms with van der Waals surface area (Å²) in [5, 5.41) is 0. The molecule has 0 saturated heterocycles. The zero-order valence-electron chi connectivity index (χ0n) is 6.73. The monoisotopic (exact) mass is 183 g/mol. The highest BCUT2D eigenvalue weighted by atomic mass is 32.2. The van der Waals surface area contributed by atoms with Crippen molar-refractivity contribution < 1.29 is 8.42 Å². The lowest BCUT2D eigenvalue weighted by Crippen LogP contribution is -2.03. The van der Waals surface area contributed by atoms with Crippen molar-refractivity contribution >= 4 is 9.84 Å². The van der Waals surface area contributed by atoms with E-state index >= 15 is 0 Å². The molecule has 0 N–H and O–H groups in total. The molecule has 0 amide bonds. The normalized spacial score (nSPS) is 11.4. The Kier molecular flexibility index (Phi) is 2.87. The Morgan fingerprint density at radius 3 is 2.25 bits per heavy atom. The third-order valence-corrected chi connectivity index (χ3v) is 2.37. The van der Waals surface area contributed by atoms with E-state index in [4.69, 9.17) is 0 Å². The Hall–Kier alpha value is -0.830. The van der Waals surface area contributed by atoms with Crippen LogP contribution >= 0.6 is 0 Å². The number of hydrogen-bond donors (Lipinski definition) is 0. The smallest absolute Gasteiger partial charge is 0.151 e. The van der Waals surface area contributed by atoms with Crippen molar-refractivity contribution in [1.82, 2.24) is 0 Å². The lowest BCUT2D eigenvalue weighted by molar-refractivity contribution is 0.603. The summed E-state index contributed by atoms with van der Waals surface area (Å²) in [6.07, 6.45) is 3.61. The van der Waals surface area contributed by atoms with Gasteiger partial charge in [-0.1, -0.05) is 30.3 Å². The van der Waals surface area contributed by atoms with Crippen molar-refractivity contribution in [3.63, 3.8) is 0 Å². The minimum Gasteiger partial charge on any atom is -0.229 e. The van der Waals surface area contributed by atoms with Crippen LogP contribution in [-0.4, -0.2) is 14.2 Å². The van der Waals surface area contributed by atoms with E-state index in [1.165, 1.54) is 0 Å². The van der Waals surface area contributed by atoms with Gasteiger partial charge in [-0.2, -0.15) is 0 Å². The summed E-state index contributed by atoms with van der Waals surface area (Å²) >= 11 is 0. The van der Waals surface area contributed by atoms with Gasteiger partial charge < -0.3 is 0 Å². The molecule has 1 aromatic rings. The van der Waals surface area contributed by atoms with E-state index in [0.29, 0.717) is 6.42 Å². The Labute approximate surface area is 73.2 Å². The summed E-state index contributed by atoms with van der Waals surface area (Å²) in [7, 11) is -3.07. The number of rotatable bonds is 3. The van der Waals surface area contributed by atoms with Crippen molar-refractivity contribution in [3.8, 4) is 0 Å². The molecule has 2 nitrogen and oxygen atoms in total. The molecule has 3 heteroatoms. The average molecular weight is 183 g/mol. The number of hydrogen-bond acceptors (Lipinski definition) is 2. The van der Waals surface area contributed by atoms with Crippen LogP contribution < -0.4 is 0 Å². The summed E-state index contributed by atoms with van der Waals surface area (Å²) < 4.78 is 21.4. The van der Waals surface area contributed by atoms with Gasteiger partial charge in [0.2, 0.25) is 0 Å². The number of sulfone groups is 1. The molecule has 0 atom stereocenters. The lowest BCUT2D eigenvalue weighted by Gasteiger charge is -1.98. The second-order valence-electron chi connectivity index (χ2n) is 2.68. The van der Waals surface area contributed by atoms with E-state index in [0.717, 1.165) is 5.56 Å². The third-order valence-electron chi connectivity index (χ3n) is 1.54. The second-order valence-corrected chi connectivity index (χ2v) is 4.58. The van der Waals surface area contributed by atoms with Gasteiger partial charge in [-0.25, -0.2) is 8.42 Å².